The first-order valence-corrected chi connectivity index (χ1v) is 13.1. The highest BCUT2D eigenvalue weighted by Gasteiger charge is 2.15. The van der Waals surface area contributed by atoms with Crippen LogP contribution >= 0.6 is 0 Å². The SMILES string of the molecule is CN1CCN(c2cccc(Nc3ncc4c(-c5ccc(S(C)(=O)=O)cc5)cccc4n3)c2)CC1. The zero-order valence-corrected chi connectivity index (χ0v) is 20.1. The highest BCUT2D eigenvalue weighted by molar-refractivity contribution is 7.90. The van der Waals surface area contributed by atoms with E-state index in [0.29, 0.717) is 10.8 Å². The number of nitrogens with zero attached hydrogens (tertiary/aromatic N) is 4. The molecular formula is C26H27N5O2S. The van der Waals surface area contributed by atoms with Crippen LogP contribution in [0.4, 0.5) is 17.3 Å². The van der Waals surface area contributed by atoms with Crippen LogP contribution in [-0.2, 0) is 9.84 Å². The highest BCUT2D eigenvalue weighted by atomic mass is 32.2. The first-order valence-electron chi connectivity index (χ1n) is 11.2. The second-order valence-electron chi connectivity index (χ2n) is 8.69. The van der Waals surface area contributed by atoms with E-state index >= 15 is 0 Å². The zero-order chi connectivity index (χ0) is 23.7. The molecule has 1 aliphatic heterocycles. The van der Waals surface area contributed by atoms with Crippen molar-refractivity contribution in [3.05, 3.63) is 72.9 Å². The van der Waals surface area contributed by atoms with Gasteiger partial charge < -0.3 is 15.1 Å². The van der Waals surface area contributed by atoms with Gasteiger partial charge in [0, 0.05) is 55.4 Å². The van der Waals surface area contributed by atoms with Crippen molar-refractivity contribution >= 4 is 38.1 Å². The number of benzene rings is 3. The Morgan fingerprint density at radius 1 is 0.912 bits per heavy atom. The summed E-state index contributed by atoms with van der Waals surface area (Å²) in [5.41, 5.74) is 4.84. The Morgan fingerprint density at radius 3 is 2.38 bits per heavy atom. The van der Waals surface area contributed by atoms with Gasteiger partial charge in [0.2, 0.25) is 5.95 Å². The first-order chi connectivity index (χ1) is 16.4. The number of likely N-dealkylation sites (N-methyl/N-ethyl adjacent to an activating group) is 1. The lowest BCUT2D eigenvalue weighted by Crippen LogP contribution is -2.44. The van der Waals surface area contributed by atoms with E-state index in [1.54, 1.807) is 12.1 Å². The number of rotatable bonds is 5. The lowest BCUT2D eigenvalue weighted by Gasteiger charge is -2.34. The molecule has 0 unspecified atom stereocenters. The summed E-state index contributed by atoms with van der Waals surface area (Å²) in [4.78, 5) is 14.3. The van der Waals surface area contributed by atoms with Crippen molar-refractivity contribution in [1.82, 2.24) is 14.9 Å². The Bertz CT molecular complexity index is 1430. The molecule has 174 valence electrons. The average molecular weight is 474 g/mol. The largest absolute Gasteiger partial charge is 0.369 e. The van der Waals surface area contributed by atoms with Gasteiger partial charge in [-0.2, -0.15) is 0 Å². The van der Waals surface area contributed by atoms with Gasteiger partial charge in [-0.25, -0.2) is 18.4 Å². The minimum atomic E-state index is -3.23. The van der Waals surface area contributed by atoms with Gasteiger partial charge in [0.25, 0.3) is 0 Å². The summed E-state index contributed by atoms with van der Waals surface area (Å²) in [5.74, 6) is 0.535. The second-order valence-corrected chi connectivity index (χ2v) is 10.7. The van der Waals surface area contributed by atoms with Gasteiger partial charge in [-0.1, -0.05) is 30.3 Å². The van der Waals surface area contributed by atoms with Crippen molar-refractivity contribution in [2.24, 2.45) is 0 Å². The second kappa shape index (κ2) is 9.04. The topological polar surface area (TPSA) is 78.4 Å². The summed E-state index contributed by atoms with van der Waals surface area (Å²) in [6, 6.07) is 21.2. The summed E-state index contributed by atoms with van der Waals surface area (Å²) in [7, 11) is -1.08. The number of hydrogen-bond donors (Lipinski definition) is 1. The third-order valence-corrected chi connectivity index (χ3v) is 7.32. The molecule has 3 aromatic carbocycles. The molecule has 0 aliphatic carbocycles. The Morgan fingerprint density at radius 2 is 1.65 bits per heavy atom. The van der Waals surface area contributed by atoms with Crippen molar-refractivity contribution in [3.63, 3.8) is 0 Å². The summed E-state index contributed by atoms with van der Waals surface area (Å²) < 4.78 is 23.5. The maximum Gasteiger partial charge on any atom is 0.227 e. The van der Waals surface area contributed by atoms with Gasteiger partial charge in [-0.05, 0) is 54.6 Å². The Balaban J connectivity index is 1.40. The lowest BCUT2D eigenvalue weighted by atomic mass is 10.0. The van der Waals surface area contributed by atoms with E-state index in [1.165, 1.54) is 11.9 Å². The van der Waals surface area contributed by atoms with Crippen LogP contribution in [0.25, 0.3) is 22.0 Å². The maximum absolute atomic E-state index is 11.8. The van der Waals surface area contributed by atoms with Crippen molar-refractivity contribution in [2.75, 3.05) is 49.7 Å². The van der Waals surface area contributed by atoms with Crippen LogP contribution in [0, 0.1) is 0 Å². The Kier molecular flexibility index (Phi) is 5.93. The van der Waals surface area contributed by atoms with E-state index in [2.05, 4.69) is 45.3 Å². The summed E-state index contributed by atoms with van der Waals surface area (Å²) in [6.45, 7) is 4.15. The number of anilines is 3. The summed E-state index contributed by atoms with van der Waals surface area (Å²) >= 11 is 0. The molecule has 0 radical (unpaired) electrons. The Labute approximate surface area is 200 Å². The predicted octanol–water partition coefficient (Wildman–Crippen LogP) is 4.20. The van der Waals surface area contributed by atoms with Gasteiger partial charge in [0.05, 0.1) is 10.4 Å². The monoisotopic (exact) mass is 473 g/mol. The molecule has 0 bridgehead atoms. The van der Waals surface area contributed by atoms with Crippen molar-refractivity contribution in [1.29, 1.82) is 0 Å². The highest BCUT2D eigenvalue weighted by Crippen LogP contribution is 2.29. The van der Waals surface area contributed by atoms with E-state index in [-0.39, 0.29) is 0 Å². The standard InChI is InChI=1S/C26H27N5O2S/c1-30-13-15-31(16-14-30)21-6-3-5-20(17-21)28-26-27-18-24-23(7-4-8-25(24)29-26)19-9-11-22(12-10-19)34(2,32)33/h3-12,17-18H,13-16H2,1-2H3,(H,27,28,29). The molecule has 0 amide bonds. The number of fused-ring (bicyclic) bond motifs is 1. The van der Waals surface area contributed by atoms with E-state index in [1.807, 2.05) is 42.6 Å². The van der Waals surface area contributed by atoms with Gasteiger partial charge in [-0.15, -0.1) is 0 Å². The fourth-order valence-corrected chi connectivity index (χ4v) is 4.85. The molecule has 1 fully saturated rings. The van der Waals surface area contributed by atoms with E-state index in [4.69, 9.17) is 4.98 Å². The lowest BCUT2D eigenvalue weighted by molar-refractivity contribution is 0.313. The summed E-state index contributed by atoms with van der Waals surface area (Å²) in [5, 5.41) is 4.25. The molecule has 4 aromatic rings. The molecule has 5 rings (SSSR count). The smallest absolute Gasteiger partial charge is 0.227 e. The van der Waals surface area contributed by atoms with E-state index in [9.17, 15) is 8.42 Å². The van der Waals surface area contributed by atoms with Crippen molar-refractivity contribution in [3.8, 4) is 11.1 Å². The molecular weight excluding hydrogens is 446 g/mol. The van der Waals surface area contributed by atoms with Crippen molar-refractivity contribution in [2.45, 2.75) is 4.90 Å². The molecule has 1 saturated heterocycles. The number of nitrogens with one attached hydrogen (secondary N) is 1. The van der Waals surface area contributed by atoms with E-state index in [0.717, 1.165) is 53.9 Å². The van der Waals surface area contributed by atoms with Crippen LogP contribution in [0.3, 0.4) is 0 Å². The third kappa shape index (κ3) is 4.73. The van der Waals surface area contributed by atoms with Crippen LogP contribution < -0.4 is 10.2 Å². The quantitative estimate of drug-likeness (QED) is 0.465. The van der Waals surface area contributed by atoms with Crippen LogP contribution in [0.1, 0.15) is 0 Å². The number of sulfone groups is 1. The Hall–Kier alpha value is -3.49. The molecule has 7 nitrogen and oxygen atoms in total. The van der Waals surface area contributed by atoms with E-state index < -0.39 is 9.84 Å². The van der Waals surface area contributed by atoms with Crippen molar-refractivity contribution < 1.29 is 8.42 Å². The fourth-order valence-electron chi connectivity index (χ4n) is 4.22. The van der Waals surface area contributed by atoms with Crippen LogP contribution in [0.5, 0.6) is 0 Å². The van der Waals surface area contributed by atoms with Crippen LogP contribution in [0.15, 0.2) is 77.8 Å². The molecule has 1 aliphatic rings. The van der Waals surface area contributed by atoms with Crippen LogP contribution in [0.2, 0.25) is 0 Å². The number of piperazine rings is 1. The normalized spacial score (nSPS) is 14.9. The molecule has 34 heavy (non-hydrogen) atoms. The summed E-state index contributed by atoms with van der Waals surface area (Å²) in [6.07, 6.45) is 3.03. The minimum Gasteiger partial charge on any atom is -0.369 e. The van der Waals surface area contributed by atoms with Crippen LogP contribution in [-0.4, -0.2) is 62.8 Å². The van der Waals surface area contributed by atoms with Gasteiger partial charge in [0.1, 0.15) is 0 Å². The molecule has 1 N–H and O–H groups in total. The average Bonchev–Trinajstić information content (AvgIpc) is 2.84. The molecule has 1 aromatic heterocycles. The van der Waals surface area contributed by atoms with Gasteiger partial charge >= 0.3 is 0 Å². The molecule has 2 heterocycles. The van der Waals surface area contributed by atoms with Gasteiger partial charge in [0.15, 0.2) is 9.84 Å². The number of hydrogen-bond acceptors (Lipinski definition) is 7. The minimum absolute atomic E-state index is 0.304. The maximum atomic E-state index is 11.8. The first kappa shape index (κ1) is 22.3. The van der Waals surface area contributed by atoms with Gasteiger partial charge in [-0.3, -0.25) is 0 Å². The molecule has 0 spiro atoms. The number of aromatic nitrogens is 2. The fraction of sp³-hybridized carbons (Fsp3) is 0.231. The molecule has 8 heteroatoms. The zero-order valence-electron chi connectivity index (χ0n) is 19.3. The molecule has 0 atom stereocenters. The third-order valence-electron chi connectivity index (χ3n) is 6.19. The molecule has 0 saturated carbocycles. The predicted molar refractivity (Wildman–Crippen MR) is 138 cm³/mol.